The molecule has 0 amide bonds. The maximum Gasteiger partial charge on any atom is 0.343 e. The van der Waals surface area contributed by atoms with Crippen LogP contribution in [-0.2, 0) is 11.3 Å². The number of carbonyl (C=O) groups excluding carboxylic acids is 2. The van der Waals surface area contributed by atoms with Crippen LogP contribution >= 0.6 is 0 Å². The van der Waals surface area contributed by atoms with Crippen molar-refractivity contribution in [2.75, 3.05) is 0 Å². The lowest BCUT2D eigenvalue weighted by atomic mass is 9.84. The summed E-state index contributed by atoms with van der Waals surface area (Å²) in [5.41, 5.74) is 3.04. The van der Waals surface area contributed by atoms with Crippen LogP contribution in [0.1, 0.15) is 69.9 Å². The number of carbonyl (C=O) groups is 2. The van der Waals surface area contributed by atoms with Crippen LogP contribution in [0.25, 0.3) is 0 Å². The summed E-state index contributed by atoms with van der Waals surface area (Å²) in [5, 5.41) is 0. The summed E-state index contributed by atoms with van der Waals surface area (Å²) in [4.78, 5) is 24.9. The van der Waals surface area contributed by atoms with Crippen molar-refractivity contribution in [3.63, 3.8) is 0 Å². The maximum atomic E-state index is 12.6. The van der Waals surface area contributed by atoms with Crippen molar-refractivity contribution in [2.45, 2.75) is 44.6 Å². The summed E-state index contributed by atoms with van der Waals surface area (Å²) in [5.74, 6) is 0.0107. The van der Waals surface area contributed by atoms with E-state index >= 15 is 0 Å². The van der Waals surface area contributed by atoms with Gasteiger partial charge in [-0.05, 0) is 60.2 Å². The fourth-order valence-corrected chi connectivity index (χ4v) is 3.99. The molecule has 0 aliphatic heterocycles. The Kier molecular flexibility index (Phi) is 6.78. The molecule has 4 heteroatoms. The third-order valence-corrected chi connectivity index (χ3v) is 5.72. The van der Waals surface area contributed by atoms with E-state index in [1.54, 1.807) is 18.2 Å². The SMILES string of the molecule is O=C(OCc1ccccc1)c1cccc(OC(=O)c2ccc(C3CCCCC3)cc2)c1. The van der Waals surface area contributed by atoms with Crippen molar-refractivity contribution in [3.8, 4) is 5.75 Å². The molecular weight excluding hydrogens is 388 g/mol. The van der Waals surface area contributed by atoms with Crippen LogP contribution in [0.15, 0.2) is 78.9 Å². The molecule has 1 fully saturated rings. The Hall–Kier alpha value is -3.40. The molecule has 0 unspecified atom stereocenters. The topological polar surface area (TPSA) is 52.6 Å². The van der Waals surface area contributed by atoms with Gasteiger partial charge in [-0.2, -0.15) is 0 Å². The van der Waals surface area contributed by atoms with Gasteiger partial charge in [-0.3, -0.25) is 0 Å². The minimum Gasteiger partial charge on any atom is -0.457 e. The molecule has 0 N–H and O–H groups in total. The summed E-state index contributed by atoms with van der Waals surface area (Å²) in [6, 6.07) is 23.7. The molecule has 1 saturated carbocycles. The molecule has 31 heavy (non-hydrogen) atoms. The quantitative estimate of drug-likeness (QED) is 0.350. The Bertz CT molecular complexity index is 1020. The predicted molar refractivity (Wildman–Crippen MR) is 119 cm³/mol. The van der Waals surface area contributed by atoms with Crippen molar-refractivity contribution < 1.29 is 19.1 Å². The molecule has 0 aromatic heterocycles. The van der Waals surface area contributed by atoms with Crippen molar-refractivity contribution >= 4 is 11.9 Å². The zero-order chi connectivity index (χ0) is 21.5. The van der Waals surface area contributed by atoms with Gasteiger partial charge >= 0.3 is 11.9 Å². The zero-order valence-electron chi connectivity index (χ0n) is 17.5. The van der Waals surface area contributed by atoms with Crippen molar-refractivity contribution in [1.82, 2.24) is 0 Å². The largest absolute Gasteiger partial charge is 0.457 e. The minimum atomic E-state index is -0.460. The van der Waals surface area contributed by atoms with Crippen LogP contribution in [-0.4, -0.2) is 11.9 Å². The van der Waals surface area contributed by atoms with Gasteiger partial charge in [0.05, 0.1) is 11.1 Å². The molecule has 0 spiro atoms. The average molecular weight is 415 g/mol. The highest BCUT2D eigenvalue weighted by molar-refractivity contribution is 5.92. The lowest BCUT2D eigenvalue weighted by Gasteiger charge is -2.21. The first kappa shape index (κ1) is 20.9. The normalized spacial score (nSPS) is 14.1. The highest BCUT2D eigenvalue weighted by atomic mass is 16.5. The Morgan fingerprint density at radius 2 is 1.48 bits per heavy atom. The van der Waals surface area contributed by atoms with Crippen LogP contribution in [0.4, 0.5) is 0 Å². The second kappa shape index (κ2) is 10.1. The number of ether oxygens (including phenoxy) is 2. The summed E-state index contributed by atoms with van der Waals surface area (Å²) < 4.78 is 10.8. The molecule has 1 aliphatic carbocycles. The van der Waals surface area contributed by atoms with Gasteiger partial charge in [-0.25, -0.2) is 9.59 Å². The van der Waals surface area contributed by atoms with Crippen LogP contribution < -0.4 is 4.74 Å². The fourth-order valence-electron chi connectivity index (χ4n) is 3.99. The highest BCUT2D eigenvalue weighted by Crippen LogP contribution is 2.32. The third-order valence-electron chi connectivity index (χ3n) is 5.72. The van der Waals surface area contributed by atoms with Gasteiger partial charge in [0.1, 0.15) is 12.4 Å². The van der Waals surface area contributed by atoms with E-state index < -0.39 is 11.9 Å². The second-order valence-electron chi connectivity index (χ2n) is 7.94. The molecule has 3 aromatic carbocycles. The van der Waals surface area contributed by atoms with Crippen LogP contribution in [0.5, 0.6) is 5.75 Å². The zero-order valence-corrected chi connectivity index (χ0v) is 17.5. The second-order valence-corrected chi connectivity index (χ2v) is 7.94. The molecule has 1 aliphatic rings. The van der Waals surface area contributed by atoms with Gasteiger partial charge in [-0.1, -0.05) is 67.8 Å². The van der Waals surface area contributed by atoms with Gasteiger partial charge in [0.15, 0.2) is 0 Å². The fraction of sp³-hybridized carbons (Fsp3) is 0.259. The summed E-state index contributed by atoms with van der Waals surface area (Å²) >= 11 is 0. The standard InChI is InChI=1S/C27H26O4/c28-26(30-19-20-8-3-1-4-9-20)24-12-7-13-25(18-24)31-27(29)23-16-14-22(15-17-23)21-10-5-2-6-11-21/h1,3-4,7-9,12-18,21H,2,5-6,10-11,19H2. The Morgan fingerprint density at radius 3 is 2.23 bits per heavy atom. The number of rotatable bonds is 6. The molecule has 3 aromatic rings. The maximum absolute atomic E-state index is 12.6. The summed E-state index contributed by atoms with van der Waals surface area (Å²) in [6.45, 7) is 0.191. The van der Waals surface area contributed by atoms with E-state index in [2.05, 4.69) is 0 Å². The van der Waals surface area contributed by atoms with Crippen molar-refractivity contribution in [2.24, 2.45) is 0 Å². The highest BCUT2D eigenvalue weighted by Gasteiger charge is 2.17. The molecule has 4 rings (SSSR count). The van der Waals surface area contributed by atoms with E-state index in [0.29, 0.717) is 22.8 Å². The number of esters is 2. The van der Waals surface area contributed by atoms with E-state index in [1.807, 2.05) is 54.6 Å². The first-order valence-electron chi connectivity index (χ1n) is 10.8. The van der Waals surface area contributed by atoms with E-state index in [-0.39, 0.29) is 6.61 Å². The molecule has 0 bridgehead atoms. The molecular formula is C27H26O4. The van der Waals surface area contributed by atoms with Gasteiger partial charge in [-0.15, -0.1) is 0 Å². The van der Waals surface area contributed by atoms with Crippen LogP contribution in [0, 0.1) is 0 Å². The van der Waals surface area contributed by atoms with Crippen LogP contribution in [0.3, 0.4) is 0 Å². The smallest absolute Gasteiger partial charge is 0.343 e. The van der Waals surface area contributed by atoms with Crippen molar-refractivity contribution in [3.05, 3.63) is 101 Å². The van der Waals surface area contributed by atoms with Gasteiger partial charge in [0.25, 0.3) is 0 Å². The first-order chi connectivity index (χ1) is 15.2. The van der Waals surface area contributed by atoms with Gasteiger partial charge in [0.2, 0.25) is 0 Å². The van der Waals surface area contributed by atoms with E-state index in [1.165, 1.54) is 43.7 Å². The molecule has 0 heterocycles. The molecule has 4 nitrogen and oxygen atoms in total. The van der Waals surface area contributed by atoms with Gasteiger partial charge in [0, 0.05) is 0 Å². The summed E-state index contributed by atoms with van der Waals surface area (Å²) in [7, 11) is 0. The average Bonchev–Trinajstić information content (AvgIpc) is 2.84. The van der Waals surface area contributed by atoms with E-state index in [0.717, 1.165) is 5.56 Å². The molecule has 158 valence electrons. The minimum absolute atomic E-state index is 0.191. The molecule has 0 radical (unpaired) electrons. The third kappa shape index (κ3) is 5.60. The first-order valence-corrected chi connectivity index (χ1v) is 10.8. The number of benzene rings is 3. The number of hydrogen-bond acceptors (Lipinski definition) is 4. The monoisotopic (exact) mass is 414 g/mol. The molecule has 0 atom stereocenters. The predicted octanol–water partition coefficient (Wildman–Crippen LogP) is 6.31. The van der Waals surface area contributed by atoms with E-state index in [4.69, 9.17) is 9.47 Å². The lowest BCUT2D eigenvalue weighted by molar-refractivity contribution is 0.0471. The molecule has 0 saturated heterocycles. The van der Waals surface area contributed by atoms with Crippen LogP contribution in [0.2, 0.25) is 0 Å². The lowest BCUT2D eigenvalue weighted by Crippen LogP contribution is -2.10. The van der Waals surface area contributed by atoms with Crippen molar-refractivity contribution in [1.29, 1.82) is 0 Å². The van der Waals surface area contributed by atoms with E-state index in [9.17, 15) is 9.59 Å². The Labute approximate surface area is 182 Å². The Morgan fingerprint density at radius 1 is 0.742 bits per heavy atom. The Balaban J connectivity index is 1.36. The summed E-state index contributed by atoms with van der Waals surface area (Å²) in [6.07, 6.45) is 6.31. The van der Waals surface area contributed by atoms with Gasteiger partial charge < -0.3 is 9.47 Å². The number of hydrogen-bond donors (Lipinski definition) is 0.